The van der Waals surface area contributed by atoms with Gasteiger partial charge in [-0.2, -0.15) is 0 Å². The number of hydrogen-bond donors (Lipinski definition) is 3. The molecule has 0 aliphatic carbocycles. The number of aliphatic carboxylic acids is 1. The van der Waals surface area contributed by atoms with Crippen molar-refractivity contribution in [3.05, 3.63) is 63.6 Å². The summed E-state index contributed by atoms with van der Waals surface area (Å²) in [5.74, 6) is -2.17. The van der Waals surface area contributed by atoms with Gasteiger partial charge in [0.15, 0.2) is 0 Å². The van der Waals surface area contributed by atoms with Gasteiger partial charge in [-0.25, -0.2) is 4.79 Å². The first kappa shape index (κ1) is 19.8. The van der Waals surface area contributed by atoms with Crippen LogP contribution >= 0.6 is 23.2 Å². The number of para-hydroxylation sites is 1. The quantitative estimate of drug-likeness (QED) is 0.699. The summed E-state index contributed by atoms with van der Waals surface area (Å²) in [5.41, 5.74) is 1.00. The van der Waals surface area contributed by atoms with E-state index in [2.05, 4.69) is 10.6 Å². The Morgan fingerprint density at radius 2 is 1.81 bits per heavy atom. The maximum Gasteiger partial charge on any atom is 0.326 e. The molecule has 2 rings (SSSR count). The van der Waals surface area contributed by atoms with E-state index >= 15 is 0 Å². The molecule has 0 saturated heterocycles. The molecule has 0 saturated carbocycles. The average molecular weight is 395 g/mol. The van der Waals surface area contributed by atoms with Gasteiger partial charge in [-0.1, -0.05) is 41.4 Å². The van der Waals surface area contributed by atoms with E-state index in [1.54, 1.807) is 30.3 Å². The number of rotatable bonds is 6. The van der Waals surface area contributed by atoms with Gasteiger partial charge in [0.05, 0.1) is 11.3 Å². The van der Waals surface area contributed by atoms with Crippen LogP contribution in [-0.2, 0) is 16.0 Å². The zero-order valence-corrected chi connectivity index (χ0v) is 15.3. The lowest BCUT2D eigenvalue weighted by Gasteiger charge is -2.17. The molecule has 1 atom stereocenters. The van der Waals surface area contributed by atoms with Gasteiger partial charge in [-0.3, -0.25) is 9.59 Å². The number of carbonyl (C=O) groups is 3. The minimum atomic E-state index is -1.21. The molecule has 0 aromatic heterocycles. The fraction of sp³-hybridized carbons (Fsp3) is 0.167. The van der Waals surface area contributed by atoms with E-state index in [1.165, 1.54) is 19.1 Å². The number of nitrogens with one attached hydrogen (secondary N) is 2. The topological polar surface area (TPSA) is 95.5 Å². The van der Waals surface area contributed by atoms with Crippen molar-refractivity contribution in [3.8, 4) is 0 Å². The van der Waals surface area contributed by atoms with Crippen LogP contribution in [0.3, 0.4) is 0 Å². The van der Waals surface area contributed by atoms with Crippen LogP contribution in [0, 0.1) is 0 Å². The number of carbonyl (C=O) groups excluding carboxylic acids is 2. The fourth-order valence-corrected chi connectivity index (χ4v) is 2.81. The highest BCUT2D eigenvalue weighted by molar-refractivity contribution is 6.35. The highest BCUT2D eigenvalue weighted by Crippen LogP contribution is 2.22. The Hall–Kier alpha value is -2.57. The normalized spacial score (nSPS) is 11.5. The molecule has 0 spiro atoms. The first-order valence-electron chi connectivity index (χ1n) is 7.62. The van der Waals surface area contributed by atoms with Crippen LogP contribution in [0.25, 0.3) is 0 Å². The van der Waals surface area contributed by atoms with Gasteiger partial charge >= 0.3 is 5.97 Å². The maximum absolute atomic E-state index is 12.5. The van der Waals surface area contributed by atoms with E-state index in [1.807, 2.05) is 0 Å². The third-order valence-electron chi connectivity index (χ3n) is 3.52. The van der Waals surface area contributed by atoms with E-state index in [0.717, 1.165) is 0 Å². The molecule has 0 bridgehead atoms. The molecule has 0 aliphatic rings. The predicted molar refractivity (Wildman–Crippen MR) is 99.8 cm³/mol. The summed E-state index contributed by atoms with van der Waals surface area (Å²) in [6, 6.07) is 9.83. The Morgan fingerprint density at radius 1 is 1.12 bits per heavy atom. The molecule has 3 N–H and O–H groups in total. The van der Waals surface area contributed by atoms with Gasteiger partial charge in [-0.15, -0.1) is 0 Å². The molecule has 26 heavy (non-hydrogen) atoms. The van der Waals surface area contributed by atoms with Crippen LogP contribution in [0.2, 0.25) is 10.0 Å². The van der Waals surface area contributed by atoms with Gasteiger partial charge in [0.1, 0.15) is 6.04 Å². The van der Waals surface area contributed by atoms with Crippen LogP contribution in [0.5, 0.6) is 0 Å². The van der Waals surface area contributed by atoms with Crippen molar-refractivity contribution in [1.29, 1.82) is 0 Å². The lowest BCUT2D eigenvalue weighted by molar-refractivity contribution is -0.139. The maximum atomic E-state index is 12.5. The first-order valence-corrected chi connectivity index (χ1v) is 8.37. The lowest BCUT2D eigenvalue weighted by atomic mass is 10.0. The number of benzene rings is 2. The van der Waals surface area contributed by atoms with Crippen LogP contribution in [0.1, 0.15) is 22.8 Å². The van der Waals surface area contributed by atoms with E-state index in [0.29, 0.717) is 21.3 Å². The Balaban J connectivity index is 2.21. The number of carboxylic acids is 1. The third kappa shape index (κ3) is 5.21. The largest absolute Gasteiger partial charge is 0.480 e. The van der Waals surface area contributed by atoms with Crippen LogP contribution in [-0.4, -0.2) is 28.9 Å². The van der Waals surface area contributed by atoms with Crippen LogP contribution in [0.15, 0.2) is 42.5 Å². The van der Waals surface area contributed by atoms with E-state index in [9.17, 15) is 19.5 Å². The Bertz CT molecular complexity index is 855. The second kappa shape index (κ2) is 8.69. The number of halogens is 2. The van der Waals surface area contributed by atoms with Crippen molar-refractivity contribution < 1.29 is 19.5 Å². The second-order valence-corrected chi connectivity index (χ2v) is 6.37. The van der Waals surface area contributed by atoms with E-state index < -0.39 is 17.9 Å². The summed E-state index contributed by atoms with van der Waals surface area (Å²) in [4.78, 5) is 35.3. The van der Waals surface area contributed by atoms with E-state index in [-0.39, 0.29) is 17.9 Å². The van der Waals surface area contributed by atoms with Crippen molar-refractivity contribution in [2.24, 2.45) is 0 Å². The summed E-state index contributed by atoms with van der Waals surface area (Å²) >= 11 is 11.9. The molecule has 8 heteroatoms. The third-order valence-corrected chi connectivity index (χ3v) is 4.11. The SMILES string of the molecule is CC(=O)Nc1ccccc1C(=O)N[C@@H](Cc1ccc(Cl)cc1Cl)C(=O)O. The molecule has 2 aromatic rings. The zero-order chi connectivity index (χ0) is 19.3. The summed E-state index contributed by atoms with van der Waals surface area (Å²) < 4.78 is 0. The zero-order valence-electron chi connectivity index (χ0n) is 13.8. The van der Waals surface area contributed by atoms with Crippen molar-refractivity contribution in [1.82, 2.24) is 5.32 Å². The van der Waals surface area contributed by atoms with Gasteiger partial charge in [-0.05, 0) is 29.8 Å². The van der Waals surface area contributed by atoms with Crippen LogP contribution in [0.4, 0.5) is 5.69 Å². The van der Waals surface area contributed by atoms with Crippen molar-refractivity contribution in [2.45, 2.75) is 19.4 Å². The number of hydrogen-bond acceptors (Lipinski definition) is 3. The Morgan fingerprint density at radius 3 is 2.42 bits per heavy atom. The van der Waals surface area contributed by atoms with E-state index in [4.69, 9.17) is 23.2 Å². The molecule has 0 aliphatic heterocycles. The highest BCUT2D eigenvalue weighted by atomic mass is 35.5. The molecule has 6 nitrogen and oxygen atoms in total. The number of carboxylic acid groups (broad SMARTS) is 1. The molecule has 0 fully saturated rings. The molecule has 2 aromatic carbocycles. The average Bonchev–Trinajstić information content (AvgIpc) is 2.56. The highest BCUT2D eigenvalue weighted by Gasteiger charge is 2.23. The Labute approximate surface area is 160 Å². The molecule has 0 radical (unpaired) electrons. The summed E-state index contributed by atoms with van der Waals surface area (Å²) in [6.45, 7) is 1.32. The summed E-state index contributed by atoms with van der Waals surface area (Å²) in [5, 5.41) is 15.2. The van der Waals surface area contributed by atoms with Crippen molar-refractivity contribution >= 4 is 46.7 Å². The minimum absolute atomic E-state index is 0.0145. The summed E-state index contributed by atoms with van der Waals surface area (Å²) in [6.07, 6.45) is -0.0145. The summed E-state index contributed by atoms with van der Waals surface area (Å²) in [7, 11) is 0. The molecular weight excluding hydrogens is 379 g/mol. The van der Waals surface area contributed by atoms with Gasteiger partial charge < -0.3 is 15.7 Å². The standard InChI is InChI=1S/C18H16Cl2N2O4/c1-10(23)21-15-5-3-2-4-13(15)17(24)22-16(18(25)26)8-11-6-7-12(19)9-14(11)20/h2-7,9,16H,8H2,1H3,(H,21,23)(H,22,24)(H,25,26)/t16-/m0/s1. The second-order valence-electron chi connectivity index (χ2n) is 5.53. The van der Waals surface area contributed by atoms with Gasteiger partial charge in [0.25, 0.3) is 5.91 Å². The first-order chi connectivity index (χ1) is 12.3. The van der Waals surface area contributed by atoms with Crippen LogP contribution < -0.4 is 10.6 Å². The lowest BCUT2D eigenvalue weighted by Crippen LogP contribution is -2.42. The molecule has 136 valence electrons. The minimum Gasteiger partial charge on any atom is -0.480 e. The van der Waals surface area contributed by atoms with Crippen molar-refractivity contribution in [2.75, 3.05) is 5.32 Å². The smallest absolute Gasteiger partial charge is 0.326 e. The Kier molecular flexibility index (Phi) is 6.60. The van der Waals surface area contributed by atoms with Gasteiger partial charge in [0, 0.05) is 23.4 Å². The molecular formula is C18H16Cl2N2O4. The monoisotopic (exact) mass is 394 g/mol. The fourth-order valence-electron chi connectivity index (χ4n) is 2.32. The predicted octanol–water partition coefficient (Wildman–Crippen LogP) is 3.38. The molecule has 0 heterocycles. The van der Waals surface area contributed by atoms with Crippen molar-refractivity contribution in [3.63, 3.8) is 0 Å². The van der Waals surface area contributed by atoms with Gasteiger partial charge in [0.2, 0.25) is 5.91 Å². The molecule has 0 unspecified atom stereocenters. The number of anilines is 1. The number of amides is 2. The molecule has 2 amide bonds.